The van der Waals surface area contributed by atoms with Gasteiger partial charge in [0.1, 0.15) is 11.5 Å². The topological polar surface area (TPSA) is 50.8 Å². The number of rotatable bonds is 9. The van der Waals surface area contributed by atoms with Crippen LogP contribution in [0, 0.1) is 11.8 Å². The zero-order valence-corrected chi connectivity index (χ0v) is 16.7. The molecule has 1 saturated heterocycles. The van der Waals surface area contributed by atoms with Crippen LogP contribution in [0.1, 0.15) is 38.7 Å². The molecule has 5 heteroatoms. The van der Waals surface area contributed by atoms with Crippen LogP contribution < -0.4 is 14.8 Å². The number of nitrogens with zero attached hydrogens (tertiary/aromatic N) is 1. The molecule has 0 bridgehead atoms. The SMILES string of the molecule is COc1ccc(OC)c(CC(=O)NCCCCN2CC(C)CC(C)C2)c1. The minimum Gasteiger partial charge on any atom is -0.497 e. The van der Waals surface area contributed by atoms with E-state index < -0.39 is 0 Å². The number of carbonyl (C=O) groups excluding carboxylic acids is 1. The highest BCUT2D eigenvalue weighted by Crippen LogP contribution is 2.24. The highest BCUT2D eigenvalue weighted by molar-refractivity contribution is 5.79. The summed E-state index contributed by atoms with van der Waals surface area (Å²) < 4.78 is 10.6. The third-order valence-corrected chi connectivity index (χ3v) is 5.01. The van der Waals surface area contributed by atoms with Gasteiger partial charge < -0.3 is 19.7 Å². The van der Waals surface area contributed by atoms with Crippen molar-refractivity contribution in [1.29, 1.82) is 0 Å². The summed E-state index contributed by atoms with van der Waals surface area (Å²) in [6.07, 6.45) is 3.80. The van der Waals surface area contributed by atoms with E-state index in [1.54, 1.807) is 14.2 Å². The largest absolute Gasteiger partial charge is 0.497 e. The first-order chi connectivity index (χ1) is 12.5. The summed E-state index contributed by atoms with van der Waals surface area (Å²) in [7, 11) is 3.24. The number of nitrogens with one attached hydrogen (secondary N) is 1. The van der Waals surface area contributed by atoms with Gasteiger partial charge in [0.2, 0.25) is 5.91 Å². The maximum absolute atomic E-state index is 12.2. The van der Waals surface area contributed by atoms with E-state index in [9.17, 15) is 4.79 Å². The number of benzene rings is 1. The van der Waals surface area contributed by atoms with Gasteiger partial charge in [-0.15, -0.1) is 0 Å². The normalized spacial score (nSPS) is 20.6. The number of hydrogen-bond acceptors (Lipinski definition) is 4. The van der Waals surface area contributed by atoms with Gasteiger partial charge in [-0.1, -0.05) is 13.8 Å². The Hall–Kier alpha value is -1.75. The molecule has 1 amide bonds. The van der Waals surface area contributed by atoms with Crippen molar-refractivity contribution < 1.29 is 14.3 Å². The first kappa shape index (κ1) is 20.6. The highest BCUT2D eigenvalue weighted by Gasteiger charge is 2.20. The second-order valence-corrected chi connectivity index (χ2v) is 7.62. The van der Waals surface area contributed by atoms with E-state index in [4.69, 9.17) is 9.47 Å². The second kappa shape index (κ2) is 10.4. The number of ether oxygens (including phenoxy) is 2. The van der Waals surface area contributed by atoms with Crippen molar-refractivity contribution in [1.82, 2.24) is 10.2 Å². The van der Waals surface area contributed by atoms with Gasteiger partial charge >= 0.3 is 0 Å². The highest BCUT2D eigenvalue weighted by atomic mass is 16.5. The van der Waals surface area contributed by atoms with E-state index in [-0.39, 0.29) is 5.91 Å². The summed E-state index contributed by atoms with van der Waals surface area (Å²) in [5.74, 6) is 3.08. The molecule has 0 radical (unpaired) electrons. The van der Waals surface area contributed by atoms with E-state index in [1.165, 1.54) is 19.5 Å². The van der Waals surface area contributed by atoms with Crippen LogP contribution >= 0.6 is 0 Å². The summed E-state index contributed by atoms with van der Waals surface area (Å²) in [6.45, 7) is 8.97. The van der Waals surface area contributed by atoms with Crippen LogP contribution in [0.3, 0.4) is 0 Å². The lowest BCUT2D eigenvalue weighted by atomic mass is 9.92. The van der Waals surface area contributed by atoms with E-state index >= 15 is 0 Å². The number of likely N-dealkylation sites (tertiary alicyclic amines) is 1. The van der Waals surface area contributed by atoms with Gasteiger partial charge in [-0.2, -0.15) is 0 Å². The maximum atomic E-state index is 12.2. The Labute approximate surface area is 158 Å². The van der Waals surface area contributed by atoms with E-state index in [1.807, 2.05) is 18.2 Å². The number of unbranched alkanes of at least 4 members (excludes halogenated alkanes) is 1. The van der Waals surface area contributed by atoms with Crippen LogP contribution in [-0.4, -0.2) is 51.2 Å². The van der Waals surface area contributed by atoms with Gasteiger partial charge in [-0.05, 0) is 55.8 Å². The number of amides is 1. The summed E-state index contributed by atoms with van der Waals surface area (Å²) in [6, 6.07) is 5.53. The van der Waals surface area contributed by atoms with Crippen LogP contribution in [0.15, 0.2) is 18.2 Å². The fraction of sp³-hybridized carbons (Fsp3) is 0.667. The van der Waals surface area contributed by atoms with Crippen molar-refractivity contribution in [2.45, 2.75) is 39.5 Å². The van der Waals surface area contributed by atoms with E-state index in [2.05, 4.69) is 24.1 Å². The molecule has 146 valence electrons. The van der Waals surface area contributed by atoms with Gasteiger partial charge in [0, 0.05) is 25.2 Å². The molecule has 2 unspecified atom stereocenters. The molecule has 0 spiro atoms. The van der Waals surface area contributed by atoms with Gasteiger partial charge in [0.25, 0.3) is 0 Å². The lowest BCUT2D eigenvalue weighted by Gasteiger charge is -2.34. The maximum Gasteiger partial charge on any atom is 0.224 e. The van der Waals surface area contributed by atoms with Crippen LogP contribution in [0.2, 0.25) is 0 Å². The molecule has 1 N–H and O–H groups in total. The number of piperidine rings is 1. The van der Waals surface area contributed by atoms with E-state index in [0.717, 1.165) is 49.1 Å². The standard InChI is InChI=1S/C21H34N2O3/c1-16-11-17(2)15-23(14-16)10-6-5-9-22-21(24)13-18-12-19(25-3)7-8-20(18)26-4/h7-8,12,16-17H,5-6,9-11,13-15H2,1-4H3,(H,22,24). The fourth-order valence-electron chi connectivity index (χ4n) is 3.92. The molecule has 2 rings (SSSR count). The lowest BCUT2D eigenvalue weighted by Crippen LogP contribution is -2.39. The van der Waals surface area contributed by atoms with Crippen molar-refractivity contribution in [2.75, 3.05) is 40.4 Å². The average molecular weight is 363 g/mol. The van der Waals surface area contributed by atoms with Crippen molar-refractivity contribution in [3.63, 3.8) is 0 Å². The van der Waals surface area contributed by atoms with Crippen LogP contribution in [0.5, 0.6) is 11.5 Å². The van der Waals surface area contributed by atoms with Crippen molar-refractivity contribution in [3.8, 4) is 11.5 Å². The smallest absolute Gasteiger partial charge is 0.224 e. The average Bonchev–Trinajstić information content (AvgIpc) is 2.60. The molecule has 1 aliphatic rings. The minimum atomic E-state index is 0.0248. The summed E-state index contributed by atoms with van der Waals surface area (Å²) >= 11 is 0. The Morgan fingerprint density at radius 3 is 2.54 bits per heavy atom. The molecule has 1 heterocycles. The Balaban J connectivity index is 1.68. The Bertz CT molecular complexity index is 566. The zero-order chi connectivity index (χ0) is 18.9. The molecule has 5 nitrogen and oxygen atoms in total. The molecule has 0 saturated carbocycles. The summed E-state index contributed by atoms with van der Waals surface area (Å²) in [5.41, 5.74) is 0.848. The lowest BCUT2D eigenvalue weighted by molar-refractivity contribution is -0.120. The molecule has 26 heavy (non-hydrogen) atoms. The van der Waals surface area contributed by atoms with Crippen molar-refractivity contribution in [3.05, 3.63) is 23.8 Å². The van der Waals surface area contributed by atoms with Crippen LogP contribution in [-0.2, 0) is 11.2 Å². The van der Waals surface area contributed by atoms with Gasteiger partial charge in [-0.25, -0.2) is 0 Å². The van der Waals surface area contributed by atoms with E-state index in [0.29, 0.717) is 12.2 Å². The molecule has 1 aromatic carbocycles. The Morgan fingerprint density at radius 2 is 1.88 bits per heavy atom. The quantitative estimate of drug-likeness (QED) is 0.686. The summed E-state index contributed by atoms with van der Waals surface area (Å²) in [4.78, 5) is 14.8. The van der Waals surface area contributed by atoms with Gasteiger partial charge in [-0.3, -0.25) is 4.79 Å². The predicted octanol–water partition coefficient (Wildman–Crippen LogP) is 3.12. The minimum absolute atomic E-state index is 0.0248. The first-order valence-corrected chi connectivity index (χ1v) is 9.71. The second-order valence-electron chi connectivity index (χ2n) is 7.62. The molecule has 0 aromatic heterocycles. The van der Waals surface area contributed by atoms with Crippen LogP contribution in [0.25, 0.3) is 0 Å². The summed E-state index contributed by atoms with van der Waals surface area (Å²) in [5, 5.41) is 3.02. The molecule has 2 atom stereocenters. The monoisotopic (exact) mass is 362 g/mol. The molecule has 1 aliphatic heterocycles. The Kier molecular flexibility index (Phi) is 8.23. The van der Waals surface area contributed by atoms with Crippen molar-refractivity contribution in [2.24, 2.45) is 11.8 Å². The fourth-order valence-corrected chi connectivity index (χ4v) is 3.92. The first-order valence-electron chi connectivity index (χ1n) is 9.71. The third-order valence-electron chi connectivity index (χ3n) is 5.01. The number of carbonyl (C=O) groups is 1. The number of methoxy groups -OCH3 is 2. The molecular formula is C21H34N2O3. The molecule has 1 fully saturated rings. The third kappa shape index (κ3) is 6.52. The van der Waals surface area contributed by atoms with Crippen molar-refractivity contribution >= 4 is 5.91 Å². The molecule has 1 aromatic rings. The van der Waals surface area contributed by atoms with Crippen LogP contribution in [0.4, 0.5) is 0 Å². The predicted molar refractivity (Wildman–Crippen MR) is 105 cm³/mol. The van der Waals surface area contributed by atoms with Gasteiger partial charge in [0.05, 0.1) is 20.6 Å². The van der Waals surface area contributed by atoms with Gasteiger partial charge in [0.15, 0.2) is 0 Å². The molecular weight excluding hydrogens is 328 g/mol. The molecule has 0 aliphatic carbocycles. The zero-order valence-electron chi connectivity index (χ0n) is 16.7. The number of hydrogen-bond donors (Lipinski definition) is 1. The Morgan fingerprint density at radius 1 is 1.15 bits per heavy atom.